The zero-order chi connectivity index (χ0) is 9.42. The summed E-state index contributed by atoms with van der Waals surface area (Å²) in [7, 11) is 3.75. The van der Waals surface area contributed by atoms with Crippen LogP contribution in [0.1, 0.15) is 0 Å². The van der Waals surface area contributed by atoms with Crippen molar-refractivity contribution in [1.29, 1.82) is 0 Å². The van der Waals surface area contributed by atoms with Crippen LogP contribution < -0.4 is 4.90 Å². The van der Waals surface area contributed by atoms with Crippen LogP contribution in [0.25, 0.3) is 11.2 Å². The Hall–Kier alpha value is -1.10. The second kappa shape index (κ2) is 2.99. The first kappa shape index (κ1) is 8.50. The van der Waals surface area contributed by atoms with Gasteiger partial charge in [0.05, 0.1) is 0 Å². The Morgan fingerprint density at radius 2 is 2.23 bits per heavy atom. The molecule has 0 spiro atoms. The van der Waals surface area contributed by atoms with Crippen LogP contribution in [0.15, 0.2) is 21.2 Å². The van der Waals surface area contributed by atoms with Crippen molar-refractivity contribution in [2.24, 2.45) is 0 Å². The fraction of sp³-hybridized carbons (Fsp3) is 0.250. The van der Waals surface area contributed by atoms with Crippen molar-refractivity contribution < 1.29 is 4.42 Å². The highest BCUT2D eigenvalue weighted by Gasteiger charge is 2.07. The van der Waals surface area contributed by atoms with Gasteiger partial charge >= 0.3 is 0 Å². The van der Waals surface area contributed by atoms with E-state index in [0.717, 1.165) is 9.99 Å². The molecule has 0 fully saturated rings. The minimum atomic E-state index is 0.562. The van der Waals surface area contributed by atoms with Crippen LogP contribution in [-0.2, 0) is 0 Å². The molecule has 4 nitrogen and oxygen atoms in total. The summed E-state index contributed by atoms with van der Waals surface area (Å²) in [4.78, 5) is 10.1. The normalized spacial score (nSPS) is 10.7. The number of rotatable bonds is 1. The Morgan fingerprint density at radius 3 is 2.92 bits per heavy atom. The monoisotopic (exact) mass is 241 g/mol. The van der Waals surface area contributed by atoms with Gasteiger partial charge < -0.3 is 9.32 Å². The van der Waals surface area contributed by atoms with Crippen LogP contribution in [-0.4, -0.2) is 24.1 Å². The molecule has 5 heteroatoms. The molecule has 0 N–H and O–H groups in total. The molecule has 0 saturated carbocycles. The second-order valence-corrected chi connectivity index (χ2v) is 3.78. The average molecular weight is 242 g/mol. The first-order valence-electron chi connectivity index (χ1n) is 3.76. The van der Waals surface area contributed by atoms with Gasteiger partial charge in [-0.15, -0.1) is 0 Å². The van der Waals surface area contributed by atoms with Crippen molar-refractivity contribution in [3.8, 4) is 0 Å². The minimum absolute atomic E-state index is 0.562. The summed E-state index contributed by atoms with van der Waals surface area (Å²) in [6.45, 7) is 0. The SMILES string of the molecule is CN(C)c1nc2cc(Br)cnc2o1. The molecule has 0 unspecified atom stereocenters. The van der Waals surface area contributed by atoms with Gasteiger partial charge in [-0.2, -0.15) is 4.98 Å². The van der Waals surface area contributed by atoms with E-state index in [-0.39, 0.29) is 0 Å². The Balaban J connectivity index is 2.62. The van der Waals surface area contributed by atoms with Crippen LogP contribution in [0.5, 0.6) is 0 Å². The maximum Gasteiger partial charge on any atom is 0.299 e. The molecule has 2 aromatic heterocycles. The molecule has 0 aromatic carbocycles. The largest absolute Gasteiger partial charge is 0.404 e. The summed E-state index contributed by atoms with van der Waals surface area (Å²) in [5, 5.41) is 0. The van der Waals surface area contributed by atoms with E-state index in [9.17, 15) is 0 Å². The number of nitrogens with zero attached hydrogens (tertiary/aromatic N) is 3. The number of halogens is 1. The van der Waals surface area contributed by atoms with E-state index in [1.807, 2.05) is 20.2 Å². The molecule has 68 valence electrons. The van der Waals surface area contributed by atoms with E-state index in [2.05, 4.69) is 25.9 Å². The molecular formula is C8H8BrN3O. The smallest absolute Gasteiger partial charge is 0.299 e. The van der Waals surface area contributed by atoms with E-state index < -0.39 is 0 Å². The highest BCUT2D eigenvalue weighted by Crippen LogP contribution is 2.21. The number of pyridine rings is 1. The molecule has 0 aliphatic rings. The summed E-state index contributed by atoms with van der Waals surface area (Å²) in [6, 6.07) is 2.44. The molecule has 13 heavy (non-hydrogen) atoms. The lowest BCUT2D eigenvalue weighted by atomic mass is 10.4. The third kappa shape index (κ3) is 1.51. The summed E-state index contributed by atoms with van der Waals surface area (Å²) < 4.78 is 6.27. The van der Waals surface area contributed by atoms with E-state index in [1.54, 1.807) is 11.1 Å². The summed E-state index contributed by atoms with van der Waals surface area (Å²) in [6.07, 6.45) is 1.69. The zero-order valence-corrected chi connectivity index (χ0v) is 8.87. The van der Waals surface area contributed by atoms with Gasteiger partial charge in [-0.05, 0) is 22.0 Å². The summed E-state index contributed by atoms with van der Waals surface area (Å²) >= 11 is 3.32. The van der Waals surface area contributed by atoms with Gasteiger partial charge in [-0.1, -0.05) is 0 Å². The third-order valence-electron chi connectivity index (χ3n) is 1.59. The predicted molar refractivity (Wildman–Crippen MR) is 53.8 cm³/mol. The number of fused-ring (bicyclic) bond motifs is 1. The summed E-state index contributed by atoms with van der Waals surface area (Å²) in [5.41, 5.74) is 1.32. The molecule has 0 bridgehead atoms. The van der Waals surface area contributed by atoms with Crippen LogP contribution >= 0.6 is 15.9 Å². The Morgan fingerprint density at radius 1 is 1.46 bits per heavy atom. The topological polar surface area (TPSA) is 42.2 Å². The number of hydrogen-bond acceptors (Lipinski definition) is 4. The standard InChI is InChI=1S/C8H8BrN3O/c1-12(2)8-11-6-3-5(9)4-10-7(6)13-8/h3-4H,1-2H3. The van der Waals surface area contributed by atoms with Crippen LogP contribution in [0, 0.1) is 0 Å². The molecule has 2 rings (SSSR count). The van der Waals surface area contributed by atoms with Gasteiger partial charge in [0.15, 0.2) is 0 Å². The molecule has 0 amide bonds. The van der Waals surface area contributed by atoms with Gasteiger partial charge in [0.25, 0.3) is 6.01 Å². The van der Waals surface area contributed by atoms with Gasteiger partial charge in [0.2, 0.25) is 5.71 Å². The maximum absolute atomic E-state index is 5.37. The second-order valence-electron chi connectivity index (χ2n) is 2.87. The van der Waals surface area contributed by atoms with Gasteiger partial charge in [0.1, 0.15) is 5.52 Å². The first-order chi connectivity index (χ1) is 6.16. The first-order valence-corrected chi connectivity index (χ1v) is 4.55. The highest BCUT2D eigenvalue weighted by molar-refractivity contribution is 9.10. The molecule has 2 heterocycles. The molecular weight excluding hydrogens is 234 g/mol. The van der Waals surface area contributed by atoms with E-state index >= 15 is 0 Å². The molecule has 2 aromatic rings. The van der Waals surface area contributed by atoms with Crippen LogP contribution in [0.2, 0.25) is 0 Å². The van der Waals surface area contributed by atoms with Crippen molar-refractivity contribution in [2.75, 3.05) is 19.0 Å². The summed E-state index contributed by atoms with van der Waals surface area (Å²) in [5.74, 6) is 0. The Labute approximate surface area is 83.7 Å². The van der Waals surface area contributed by atoms with E-state index in [1.165, 1.54) is 0 Å². The zero-order valence-electron chi connectivity index (χ0n) is 7.28. The number of anilines is 1. The van der Waals surface area contributed by atoms with Gasteiger partial charge in [-0.25, -0.2) is 4.98 Å². The molecule has 0 aliphatic carbocycles. The predicted octanol–water partition coefficient (Wildman–Crippen LogP) is 2.05. The quantitative estimate of drug-likeness (QED) is 0.767. The van der Waals surface area contributed by atoms with Crippen molar-refractivity contribution in [1.82, 2.24) is 9.97 Å². The number of oxazole rings is 1. The highest BCUT2D eigenvalue weighted by atomic mass is 79.9. The van der Waals surface area contributed by atoms with Crippen molar-refractivity contribution in [3.63, 3.8) is 0 Å². The minimum Gasteiger partial charge on any atom is -0.404 e. The Bertz CT molecular complexity index is 438. The van der Waals surface area contributed by atoms with Crippen molar-refractivity contribution in [2.45, 2.75) is 0 Å². The fourth-order valence-corrected chi connectivity index (χ4v) is 1.30. The molecule has 0 aliphatic heterocycles. The molecule has 0 atom stereocenters. The van der Waals surface area contributed by atoms with E-state index in [4.69, 9.17) is 4.42 Å². The number of aromatic nitrogens is 2. The lowest BCUT2D eigenvalue weighted by Gasteiger charge is -2.02. The average Bonchev–Trinajstić information content (AvgIpc) is 2.46. The van der Waals surface area contributed by atoms with E-state index in [0.29, 0.717) is 11.7 Å². The van der Waals surface area contributed by atoms with Crippen LogP contribution in [0.3, 0.4) is 0 Å². The lowest BCUT2D eigenvalue weighted by Crippen LogP contribution is -2.08. The van der Waals surface area contributed by atoms with Gasteiger partial charge in [-0.3, -0.25) is 0 Å². The Kier molecular flexibility index (Phi) is 1.95. The lowest BCUT2D eigenvalue weighted by molar-refractivity contribution is 0.586. The molecule has 0 radical (unpaired) electrons. The molecule has 0 saturated heterocycles. The number of hydrogen-bond donors (Lipinski definition) is 0. The van der Waals surface area contributed by atoms with Gasteiger partial charge in [0, 0.05) is 24.8 Å². The maximum atomic E-state index is 5.37. The third-order valence-corrected chi connectivity index (χ3v) is 2.02. The van der Waals surface area contributed by atoms with Crippen LogP contribution in [0.4, 0.5) is 6.01 Å². The van der Waals surface area contributed by atoms with Crippen molar-refractivity contribution >= 4 is 33.2 Å². The van der Waals surface area contributed by atoms with Crippen molar-refractivity contribution in [3.05, 3.63) is 16.7 Å². The fourth-order valence-electron chi connectivity index (χ4n) is 0.978.